The van der Waals surface area contributed by atoms with Crippen LogP contribution in [0.5, 0.6) is 0 Å². The van der Waals surface area contributed by atoms with E-state index in [2.05, 4.69) is 10.2 Å². The van der Waals surface area contributed by atoms with Crippen LogP contribution in [0.1, 0.15) is 25.7 Å². The Balaban J connectivity index is 1.19. The van der Waals surface area contributed by atoms with E-state index in [1.807, 2.05) is 0 Å². The third kappa shape index (κ3) is 3.01. The summed E-state index contributed by atoms with van der Waals surface area (Å²) in [4.78, 5) is 2.60. The fourth-order valence-corrected chi connectivity index (χ4v) is 3.59. The van der Waals surface area contributed by atoms with E-state index in [0.29, 0.717) is 0 Å². The molecule has 3 rings (SSSR count). The molecule has 3 nitrogen and oxygen atoms in total. The highest BCUT2D eigenvalue weighted by Crippen LogP contribution is 2.48. The summed E-state index contributed by atoms with van der Waals surface area (Å²) in [6.45, 7) is 8.37. The van der Waals surface area contributed by atoms with Crippen LogP contribution in [0.3, 0.4) is 0 Å². The van der Waals surface area contributed by atoms with Crippen LogP contribution >= 0.6 is 0 Å². The summed E-state index contributed by atoms with van der Waals surface area (Å²) < 4.78 is 5.83. The van der Waals surface area contributed by atoms with Crippen LogP contribution in [0.25, 0.3) is 0 Å². The minimum absolute atomic E-state index is 0.895. The van der Waals surface area contributed by atoms with Gasteiger partial charge in [-0.1, -0.05) is 6.42 Å². The molecule has 0 aromatic heterocycles. The van der Waals surface area contributed by atoms with E-state index in [0.717, 1.165) is 31.0 Å². The number of rotatable bonds is 6. The maximum absolute atomic E-state index is 5.83. The molecule has 0 aromatic carbocycles. The van der Waals surface area contributed by atoms with E-state index in [-0.39, 0.29) is 0 Å². The summed E-state index contributed by atoms with van der Waals surface area (Å²) in [6, 6.07) is 0. The minimum atomic E-state index is 0.895. The molecule has 0 aromatic rings. The van der Waals surface area contributed by atoms with Crippen LogP contribution < -0.4 is 5.32 Å². The Morgan fingerprint density at radius 1 is 1.06 bits per heavy atom. The molecule has 3 fully saturated rings. The van der Waals surface area contributed by atoms with Gasteiger partial charge in [-0.2, -0.15) is 0 Å². The van der Waals surface area contributed by atoms with Crippen molar-refractivity contribution < 1.29 is 4.74 Å². The molecule has 1 N–H and O–H groups in total. The first-order valence-electron chi connectivity index (χ1n) is 7.46. The second-order valence-corrected chi connectivity index (χ2v) is 5.98. The fraction of sp³-hybridized carbons (Fsp3) is 1.00. The van der Waals surface area contributed by atoms with Gasteiger partial charge in [0.05, 0.1) is 6.61 Å². The van der Waals surface area contributed by atoms with Crippen LogP contribution in [0.15, 0.2) is 0 Å². The van der Waals surface area contributed by atoms with Crippen molar-refractivity contribution in [2.45, 2.75) is 25.7 Å². The van der Waals surface area contributed by atoms with Crippen molar-refractivity contribution in [3.8, 4) is 0 Å². The highest BCUT2D eigenvalue weighted by Gasteiger charge is 2.52. The van der Waals surface area contributed by atoms with Crippen molar-refractivity contribution in [2.75, 3.05) is 45.9 Å². The predicted molar refractivity (Wildman–Crippen MR) is 69.1 cm³/mol. The molecule has 1 aliphatic carbocycles. The van der Waals surface area contributed by atoms with Crippen LogP contribution in [-0.4, -0.2) is 50.8 Å². The lowest BCUT2D eigenvalue weighted by molar-refractivity contribution is 0.102. The van der Waals surface area contributed by atoms with Crippen LogP contribution in [0, 0.1) is 17.8 Å². The number of ether oxygens (including phenoxy) is 1. The van der Waals surface area contributed by atoms with Gasteiger partial charge < -0.3 is 15.0 Å². The van der Waals surface area contributed by atoms with Gasteiger partial charge in [-0.05, 0) is 63.2 Å². The Morgan fingerprint density at radius 3 is 2.59 bits per heavy atom. The van der Waals surface area contributed by atoms with E-state index in [1.165, 1.54) is 58.4 Å². The molecule has 98 valence electrons. The van der Waals surface area contributed by atoms with Crippen LogP contribution in [0.2, 0.25) is 0 Å². The van der Waals surface area contributed by atoms with Gasteiger partial charge in [-0.3, -0.25) is 0 Å². The topological polar surface area (TPSA) is 24.5 Å². The van der Waals surface area contributed by atoms with Crippen LogP contribution in [0.4, 0.5) is 0 Å². The smallest absolute Gasteiger partial charge is 0.0500 e. The normalized spacial score (nSPS) is 37.1. The average molecular weight is 238 g/mol. The molecule has 0 unspecified atom stereocenters. The second kappa shape index (κ2) is 5.68. The van der Waals surface area contributed by atoms with Crippen molar-refractivity contribution in [3.05, 3.63) is 0 Å². The maximum atomic E-state index is 5.83. The first-order valence-corrected chi connectivity index (χ1v) is 7.46. The van der Waals surface area contributed by atoms with Gasteiger partial charge in [-0.15, -0.1) is 0 Å². The maximum Gasteiger partial charge on any atom is 0.0500 e. The van der Waals surface area contributed by atoms with Gasteiger partial charge in [0.2, 0.25) is 0 Å². The summed E-state index contributed by atoms with van der Waals surface area (Å²) >= 11 is 0. The van der Waals surface area contributed by atoms with Crippen molar-refractivity contribution in [1.29, 1.82) is 0 Å². The first-order chi connectivity index (χ1) is 8.45. The molecule has 1 saturated carbocycles. The van der Waals surface area contributed by atoms with E-state index in [4.69, 9.17) is 4.74 Å². The standard InChI is InChI=1S/C14H26N2O/c1-2-5-16(6-3-1)7-4-8-17-11-14-12-9-15-10-13(12)14/h12-15H,1-11H2/t12-,13+,14+. The molecule has 3 heteroatoms. The van der Waals surface area contributed by atoms with E-state index in [9.17, 15) is 0 Å². The third-order valence-corrected chi connectivity index (χ3v) is 4.79. The molecule has 0 radical (unpaired) electrons. The highest BCUT2D eigenvalue weighted by atomic mass is 16.5. The van der Waals surface area contributed by atoms with Gasteiger partial charge >= 0.3 is 0 Å². The number of fused-ring (bicyclic) bond motifs is 1. The second-order valence-electron chi connectivity index (χ2n) is 5.98. The number of nitrogens with zero attached hydrogens (tertiary/aromatic N) is 1. The number of piperidine rings is 2. The molecule has 2 aliphatic heterocycles. The third-order valence-electron chi connectivity index (χ3n) is 4.79. The fourth-order valence-electron chi connectivity index (χ4n) is 3.59. The molecule has 3 atom stereocenters. The number of hydrogen-bond acceptors (Lipinski definition) is 3. The lowest BCUT2D eigenvalue weighted by Crippen LogP contribution is -2.31. The largest absolute Gasteiger partial charge is 0.381 e. The van der Waals surface area contributed by atoms with Gasteiger partial charge in [-0.25, -0.2) is 0 Å². The van der Waals surface area contributed by atoms with E-state index in [1.54, 1.807) is 0 Å². The van der Waals surface area contributed by atoms with E-state index < -0.39 is 0 Å². The summed E-state index contributed by atoms with van der Waals surface area (Å²) in [5, 5.41) is 3.43. The Morgan fingerprint density at radius 2 is 1.82 bits per heavy atom. The predicted octanol–water partition coefficient (Wildman–Crippen LogP) is 1.34. The molecule has 0 amide bonds. The van der Waals surface area contributed by atoms with Crippen LogP contribution in [-0.2, 0) is 4.74 Å². The minimum Gasteiger partial charge on any atom is -0.381 e. The average Bonchev–Trinajstić information content (AvgIpc) is 2.82. The highest BCUT2D eigenvalue weighted by molar-refractivity contribution is 5.03. The first kappa shape index (κ1) is 11.9. The zero-order valence-electron chi connectivity index (χ0n) is 10.9. The SMILES string of the molecule is C1CCN(CCCOC[C@H]2[C@@H]3CNC[C@@H]32)CC1. The molecule has 17 heavy (non-hydrogen) atoms. The zero-order chi connectivity index (χ0) is 11.5. The van der Waals surface area contributed by atoms with E-state index >= 15 is 0 Å². The molecular formula is C14H26N2O. The van der Waals surface area contributed by atoms with Crippen molar-refractivity contribution in [1.82, 2.24) is 10.2 Å². The molecule has 0 spiro atoms. The van der Waals surface area contributed by atoms with Gasteiger partial charge in [0, 0.05) is 13.2 Å². The monoisotopic (exact) mass is 238 g/mol. The van der Waals surface area contributed by atoms with Gasteiger partial charge in [0.15, 0.2) is 0 Å². The molecule has 0 bridgehead atoms. The summed E-state index contributed by atoms with van der Waals surface area (Å²) in [6.07, 6.45) is 5.46. The molecule has 2 heterocycles. The number of likely N-dealkylation sites (tertiary alicyclic amines) is 1. The Labute approximate surface area is 105 Å². The summed E-state index contributed by atoms with van der Waals surface area (Å²) in [5.41, 5.74) is 0. The molecule has 2 saturated heterocycles. The van der Waals surface area contributed by atoms with Gasteiger partial charge in [0.1, 0.15) is 0 Å². The summed E-state index contributed by atoms with van der Waals surface area (Å²) in [5.74, 6) is 2.81. The van der Waals surface area contributed by atoms with Crippen molar-refractivity contribution in [2.24, 2.45) is 17.8 Å². The molecular weight excluding hydrogens is 212 g/mol. The van der Waals surface area contributed by atoms with Crippen molar-refractivity contribution >= 4 is 0 Å². The number of nitrogens with one attached hydrogen (secondary N) is 1. The van der Waals surface area contributed by atoms with Crippen molar-refractivity contribution in [3.63, 3.8) is 0 Å². The Kier molecular flexibility index (Phi) is 3.99. The Hall–Kier alpha value is -0.120. The quantitative estimate of drug-likeness (QED) is 0.707. The number of hydrogen-bond donors (Lipinski definition) is 1. The molecule has 3 aliphatic rings. The summed E-state index contributed by atoms with van der Waals surface area (Å²) in [7, 11) is 0. The van der Waals surface area contributed by atoms with Gasteiger partial charge in [0.25, 0.3) is 0 Å². The lowest BCUT2D eigenvalue weighted by Gasteiger charge is -2.26. The zero-order valence-corrected chi connectivity index (χ0v) is 10.9. The lowest BCUT2D eigenvalue weighted by atomic mass is 10.1. The Bertz CT molecular complexity index is 226.